The Morgan fingerprint density at radius 3 is 2.83 bits per heavy atom. The predicted octanol–water partition coefficient (Wildman–Crippen LogP) is 2.92. The van der Waals surface area contributed by atoms with Gasteiger partial charge in [0.15, 0.2) is 0 Å². The second kappa shape index (κ2) is 4.65. The molecule has 2 aromatic rings. The summed E-state index contributed by atoms with van der Waals surface area (Å²) in [4.78, 5) is 2.46. The largest absolute Gasteiger partial charge is 0.461 e. The SMILES string of the molecule is Cc1cc2c(N3CCC(CN)CC3)cccc2o1. The van der Waals surface area contributed by atoms with Crippen molar-refractivity contribution in [1.29, 1.82) is 0 Å². The van der Waals surface area contributed by atoms with E-state index in [1.54, 1.807) is 0 Å². The van der Waals surface area contributed by atoms with Crippen LogP contribution in [-0.2, 0) is 0 Å². The van der Waals surface area contributed by atoms with Gasteiger partial charge in [-0.25, -0.2) is 0 Å². The Balaban J connectivity index is 1.90. The lowest BCUT2D eigenvalue weighted by Crippen LogP contribution is -2.36. The van der Waals surface area contributed by atoms with Crippen molar-refractivity contribution in [2.24, 2.45) is 11.7 Å². The quantitative estimate of drug-likeness (QED) is 0.883. The highest BCUT2D eigenvalue weighted by molar-refractivity contribution is 5.91. The molecule has 2 N–H and O–H groups in total. The number of nitrogens with zero attached hydrogens (tertiary/aromatic N) is 1. The third-order valence-electron chi connectivity index (χ3n) is 3.95. The first-order valence-corrected chi connectivity index (χ1v) is 6.72. The summed E-state index contributed by atoms with van der Waals surface area (Å²) in [5.41, 5.74) is 8.04. The molecule has 3 nitrogen and oxygen atoms in total. The number of anilines is 1. The van der Waals surface area contributed by atoms with Gasteiger partial charge in [-0.05, 0) is 50.4 Å². The number of fused-ring (bicyclic) bond motifs is 1. The number of rotatable bonds is 2. The van der Waals surface area contributed by atoms with E-state index in [1.807, 2.05) is 13.0 Å². The zero-order valence-corrected chi connectivity index (χ0v) is 10.9. The van der Waals surface area contributed by atoms with Gasteiger partial charge in [-0.2, -0.15) is 0 Å². The molecule has 0 aliphatic carbocycles. The fourth-order valence-corrected chi connectivity index (χ4v) is 2.86. The molecule has 0 bridgehead atoms. The van der Waals surface area contributed by atoms with Crippen LogP contribution in [0.3, 0.4) is 0 Å². The summed E-state index contributed by atoms with van der Waals surface area (Å²) >= 11 is 0. The molecule has 0 unspecified atom stereocenters. The maximum atomic E-state index is 5.75. The summed E-state index contributed by atoms with van der Waals surface area (Å²) in [5, 5.41) is 1.24. The fourth-order valence-electron chi connectivity index (χ4n) is 2.86. The average molecular weight is 244 g/mol. The van der Waals surface area contributed by atoms with Gasteiger partial charge < -0.3 is 15.1 Å². The Kier molecular flexibility index (Phi) is 3.00. The zero-order chi connectivity index (χ0) is 12.5. The van der Waals surface area contributed by atoms with Crippen molar-refractivity contribution < 1.29 is 4.42 Å². The van der Waals surface area contributed by atoms with E-state index < -0.39 is 0 Å². The zero-order valence-electron chi connectivity index (χ0n) is 10.9. The normalized spacial score (nSPS) is 17.6. The van der Waals surface area contributed by atoms with Crippen LogP contribution in [0.1, 0.15) is 18.6 Å². The lowest BCUT2D eigenvalue weighted by atomic mass is 9.96. The molecule has 2 heterocycles. The minimum Gasteiger partial charge on any atom is -0.461 e. The molecular formula is C15H20N2O. The van der Waals surface area contributed by atoms with E-state index in [9.17, 15) is 0 Å². The number of piperidine rings is 1. The van der Waals surface area contributed by atoms with E-state index in [0.717, 1.165) is 31.0 Å². The molecule has 3 heteroatoms. The van der Waals surface area contributed by atoms with E-state index >= 15 is 0 Å². The van der Waals surface area contributed by atoms with Crippen molar-refractivity contribution in [2.45, 2.75) is 19.8 Å². The Morgan fingerprint density at radius 2 is 2.11 bits per heavy atom. The predicted molar refractivity (Wildman–Crippen MR) is 74.9 cm³/mol. The van der Waals surface area contributed by atoms with Gasteiger partial charge in [-0.1, -0.05) is 6.07 Å². The number of hydrogen-bond acceptors (Lipinski definition) is 3. The topological polar surface area (TPSA) is 42.4 Å². The molecule has 0 radical (unpaired) electrons. The van der Waals surface area contributed by atoms with Crippen LogP contribution in [0.25, 0.3) is 11.0 Å². The first-order valence-electron chi connectivity index (χ1n) is 6.72. The standard InChI is InChI=1S/C15H20N2O/c1-11-9-13-14(3-2-4-15(13)18-11)17-7-5-12(10-16)6-8-17/h2-4,9,12H,5-8,10,16H2,1H3. The monoisotopic (exact) mass is 244 g/mol. The van der Waals surface area contributed by atoms with Crippen molar-refractivity contribution in [2.75, 3.05) is 24.5 Å². The van der Waals surface area contributed by atoms with Crippen molar-refractivity contribution in [3.8, 4) is 0 Å². The number of aryl methyl sites for hydroxylation is 1. The fraction of sp³-hybridized carbons (Fsp3) is 0.467. The van der Waals surface area contributed by atoms with Crippen LogP contribution in [0.5, 0.6) is 0 Å². The molecule has 1 fully saturated rings. The van der Waals surface area contributed by atoms with Gasteiger partial charge in [-0.15, -0.1) is 0 Å². The molecule has 3 rings (SSSR count). The molecule has 96 valence electrons. The maximum Gasteiger partial charge on any atom is 0.136 e. The van der Waals surface area contributed by atoms with Crippen molar-refractivity contribution in [3.63, 3.8) is 0 Å². The number of nitrogens with two attached hydrogens (primary N) is 1. The molecule has 1 aromatic carbocycles. The summed E-state index contributed by atoms with van der Waals surface area (Å²) in [5.74, 6) is 1.68. The van der Waals surface area contributed by atoms with Crippen molar-refractivity contribution >= 4 is 16.7 Å². The highest BCUT2D eigenvalue weighted by atomic mass is 16.3. The van der Waals surface area contributed by atoms with Crippen molar-refractivity contribution in [1.82, 2.24) is 0 Å². The number of furan rings is 1. The molecular weight excluding hydrogens is 224 g/mol. The van der Waals surface area contributed by atoms with Crippen LogP contribution < -0.4 is 10.6 Å². The van der Waals surface area contributed by atoms with E-state index in [0.29, 0.717) is 5.92 Å². The highest BCUT2D eigenvalue weighted by Crippen LogP contribution is 2.31. The molecule has 1 aliphatic rings. The van der Waals surface area contributed by atoms with Gasteiger partial charge in [-0.3, -0.25) is 0 Å². The molecule has 0 saturated carbocycles. The molecule has 0 amide bonds. The Hall–Kier alpha value is -1.48. The average Bonchev–Trinajstić information content (AvgIpc) is 2.79. The Bertz CT molecular complexity index is 538. The minimum absolute atomic E-state index is 0.700. The summed E-state index contributed by atoms with van der Waals surface area (Å²) in [7, 11) is 0. The first-order chi connectivity index (χ1) is 8.78. The van der Waals surface area contributed by atoms with E-state index in [2.05, 4.69) is 23.1 Å². The molecule has 1 aliphatic heterocycles. The van der Waals surface area contributed by atoms with Crippen molar-refractivity contribution in [3.05, 3.63) is 30.0 Å². The first kappa shape index (κ1) is 11.6. The smallest absolute Gasteiger partial charge is 0.136 e. The third kappa shape index (κ3) is 1.99. The lowest BCUT2D eigenvalue weighted by molar-refractivity contribution is 0.415. The summed E-state index contributed by atoms with van der Waals surface area (Å²) in [6.07, 6.45) is 2.40. The van der Waals surface area contributed by atoms with Crippen LogP contribution in [0.4, 0.5) is 5.69 Å². The highest BCUT2D eigenvalue weighted by Gasteiger charge is 2.20. The maximum absolute atomic E-state index is 5.75. The van der Waals surface area contributed by atoms with Gasteiger partial charge in [0.25, 0.3) is 0 Å². The summed E-state index contributed by atoms with van der Waals surface area (Å²) in [6, 6.07) is 8.45. The Morgan fingerprint density at radius 1 is 1.33 bits per heavy atom. The van der Waals surface area contributed by atoms with Crippen LogP contribution in [0, 0.1) is 12.8 Å². The van der Waals surface area contributed by atoms with Crippen LogP contribution >= 0.6 is 0 Å². The third-order valence-corrected chi connectivity index (χ3v) is 3.95. The minimum atomic E-state index is 0.700. The molecule has 0 atom stereocenters. The van der Waals surface area contributed by atoms with Gasteiger partial charge in [0.05, 0.1) is 0 Å². The van der Waals surface area contributed by atoms with Gasteiger partial charge in [0.1, 0.15) is 11.3 Å². The molecule has 1 aromatic heterocycles. The second-order valence-corrected chi connectivity index (χ2v) is 5.21. The number of benzene rings is 1. The summed E-state index contributed by atoms with van der Waals surface area (Å²) in [6.45, 7) is 5.03. The number of hydrogen-bond donors (Lipinski definition) is 1. The summed E-state index contributed by atoms with van der Waals surface area (Å²) < 4.78 is 5.69. The van der Waals surface area contributed by atoms with Gasteiger partial charge in [0.2, 0.25) is 0 Å². The second-order valence-electron chi connectivity index (χ2n) is 5.21. The molecule has 0 spiro atoms. The van der Waals surface area contributed by atoms with E-state index in [-0.39, 0.29) is 0 Å². The van der Waals surface area contributed by atoms with E-state index in [1.165, 1.54) is 23.9 Å². The van der Waals surface area contributed by atoms with Gasteiger partial charge >= 0.3 is 0 Å². The lowest BCUT2D eigenvalue weighted by Gasteiger charge is -2.33. The van der Waals surface area contributed by atoms with E-state index in [4.69, 9.17) is 10.2 Å². The van der Waals surface area contributed by atoms with Crippen LogP contribution in [-0.4, -0.2) is 19.6 Å². The van der Waals surface area contributed by atoms with Crippen LogP contribution in [0.15, 0.2) is 28.7 Å². The van der Waals surface area contributed by atoms with Gasteiger partial charge in [0, 0.05) is 24.2 Å². The van der Waals surface area contributed by atoms with Crippen LogP contribution in [0.2, 0.25) is 0 Å². The molecule has 1 saturated heterocycles. The molecule has 18 heavy (non-hydrogen) atoms. The Labute approximate surface area is 108 Å².